The third-order valence-electron chi connectivity index (χ3n) is 1.52. The maximum absolute atomic E-state index is 4.00. The zero-order chi connectivity index (χ0) is 7.68. The van der Waals surface area contributed by atoms with Gasteiger partial charge in [-0.25, -0.2) is 0 Å². The fourth-order valence-corrected chi connectivity index (χ4v) is 0.956. The van der Waals surface area contributed by atoms with Crippen LogP contribution >= 0.6 is 0 Å². The lowest BCUT2D eigenvalue weighted by molar-refractivity contribution is 1.05. The van der Waals surface area contributed by atoms with E-state index in [-0.39, 0.29) is 0 Å². The first kappa shape index (κ1) is 6.15. The van der Waals surface area contributed by atoms with E-state index in [1.54, 1.807) is 6.20 Å². The van der Waals surface area contributed by atoms with Gasteiger partial charge in [-0.3, -0.25) is 10.2 Å². The van der Waals surface area contributed by atoms with Gasteiger partial charge in [0.15, 0.2) is 0 Å². The van der Waals surface area contributed by atoms with Crippen LogP contribution in [0.1, 0.15) is 5.56 Å². The van der Waals surface area contributed by atoms with Crippen LogP contribution in [-0.4, -0.2) is 20.4 Å². The van der Waals surface area contributed by atoms with Gasteiger partial charge in [0.05, 0.1) is 5.69 Å². The molecule has 4 nitrogen and oxygen atoms in total. The van der Waals surface area contributed by atoms with Crippen LogP contribution in [0.4, 0.5) is 0 Å². The van der Waals surface area contributed by atoms with Gasteiger partial charge in [-0.05, 0) is 13.0 Å². The molecular formula is C7H7N4. The molecule has 0 bridgehead atoms. The van der Waals surface area contributed by atoms with E-state index in [0.29, 0.717) is 0 Å². The van der Waals surface area contributed by atoms with Crippen LogP contribution in [0.15, 0.2) is 12.3 Å². The molecule has 11 heavy (non-hydrogen) atoms. The molecule has 0 amide bonds. The highest BCUT2D eigenvalue weighted by Crippen LogP contribution is 2.15. The molecule has 55 valence electrons. The van der Waals surface area contributed by atoms with Crippen molar-refractivity contribution in [3.8, 4) is 11.4 Å². The third kappa shape index (κ3) is 0.920. The zero-order valence-corrected chi connectivity index (χ0v) is 6.05. The number of nitrogens with zero attached hydrogens (tertiary/aromatic N) is 2. The minimum absolute atomic E-state index is 0.872. The van der Waals surface area contributed by atoms with E-state index in [4.69, 9.17) is 0 Å². The quantitative estimate of drug-likeness (QED) is 0.629. The Morgan fingerprint density at radius 1 is 1.55 bits per heavy atom. The summed E-state index contributed by atoms with van der Waals surface area (Å²) in [5.74, 6) is 0. The number of aromatic nitrogens is 4. The molecule has 0 aromatic carbocycles. The van der Waals surface area contributed by atoms with E-state index >= 15 is 0 Å². The topological polar surface area (TPSA) is 57.4 Å². The lowest BCUT2D eigenvalue weighted by atomic mass is 10.2. The summed E-state index contributed by atoms with van der Waals surface area (Å²) in [4.78, 5) is 0. The number of hydrogen-bond acceptors (Lipinski definition) is 2. The molecule has 2 N–H and O–H groups in total. The molecule has 0 unspecified atom stereocenters. The smallest absolute Gasteiger partial charge is 0.116 e. The molecule has 2 aromatic heterocycles. The Bertz CT molecular complexity index is 333. The van der Waals surface area contributed by atoms with Crippen molar-refractivity contribution in [3.63, 3.8) is 0 Å². The van der Waals surface area contributed by atoms with E-state index < -0.39 is 0 Å². The summed E-state index contributed by atoms with van der Waals surface area (Å²) in [6.45, 7) is 1.94. The van der Waals surface area contributed by atoms with Crippen molar-refractivity contribution in [2.45, 2.75) is 6.92 Å². The predicted molar refractivity (Wildman–Crippen MR) is 39.7 cm³/mol. The van der Waals surface area contributed by atoms with Gasteiger partial charge in [0, 0.05) is 11.8 Å². The molecule has 0 spiro atoms. The number of hydrogen-bond donors (Lipinski definition) is 2. The van der Waals surface area contributed by atoms with Crippen molar-refractivity contribution < 1.29 is 0 Å². The summed E-state index contributed by atoms with van der Waals surface area (Å²) >= 11 is 0. The number of rotatable bonds is 1. The van der Waals surface area contributed by atoms with Gasteiger partial charge in [0.1, 0.15) is 11.9 Å². The average Bonchev–Trinajstić information content (AvgIpc) is 2.55. The molecule has 2 rings (SSSR count). The third-order valence-corrected chi connectivity index (χ3v) is 1.52. The molecule has 4 heteroatoms. The molecular weight excluding hydrogens is 140 g/mol. The summed E-state index contributed by atoms with van der Waals surface area (Å²) in [5.41, 5.74) is 2.78. The van der Waals surface area contributed by atoms with Gasteiger partial charge in [0.2, 0.25) is 0 Å². The van der Waals surface area contributed by atoms with E-state index in [9.17, 15) is 0 Å². The average molecular weight is 147 g/mol. The normalized spacial score (nSPS) is 10.3. The first-order valence-corrected chi connectivity index (χ1v) is 3.31. The van der Waals surface area contributed by atoms with Crippen molar-refractivity contribution in [2.24, 2.45) is 0 Å². The summed E-state index contributed by atoms with van der Waals surface area (Å²) in [7, 11) is 0. The van der Waals surface area contributed by atoms with Gasteiger partial charge < -0.3 is 0 Å². The highest BCUT2D eigenvalue weighted by Gasteiger charge is 2.04. The van der Waals surface area contributed by atoms with Crippen LogP contribution in [0.25, 0.3) is 11.4 Å². The maximum atomic E-state index is 4.00. The Labute approximate surface area is 63.6 Å². The monoisotopic (exact) mass is 147 g/mol. The van der Waals surface area contributed by atoms with Crippen LogP contribution in [0.5, 0.6) is 0 Å². The fourth-order valence-electron chi connectivity index (χ4n) is 0.956. The van der Waals surface area contributed by atoms with E-state index in [1.807, 2.05) is 13.0 Å². The summed E-state index contributed by atoms with van der Waals surface area (Å²) < 4.78 is 0. The minimum Gasteiger partial charge on any atom is -0.285 e. The first-order chi connectivity index (χ1) is 5.38. The SMILES string of the molecule is Cc1[c]n[nH]c1-c1cc[nH]n1. The van der Waals surface area contributed by atoms with Gasteiger partial charge >= 0.3 is 0 Å². The lowest BCUT2D eigenvalue weighted by Gasteiger charge is -1.89. The second-order valence-electron chi connectivity index (χ2n) is 2.29. The molecule has 0 aliphatic heterocycles. The van der Waals surface area contributed by atoms with Gasteiger partial charge in [-0.15, -0.1) is 0 Å². The van der Waals surface area contributed by atoms with Gasteiger partial charge in [-0.1, -0.05) is 0 Å². The van der Waals surface area contributed by atoms with Crippen LogP contribution < -0.4 is 0 Å². The van der Waals surface area contributed by atoms with Gasteiger partial charge in [-0.2, -0.15) is 10.2 Å². The summed E-state index contributed by atoms with van der Waals surface area (Å²) in [6.07, 6.45) is 4.57. The number of nitrogens with one attached hydrogen (secondary N) is 2. The Hall–Kier alpha value is -1.58. The van der Waals surface area contributed by atoms with E-state index in [2.05, 4.69) is 26.6 Å². The molecule has 0 atom stereocenters. The molecule has 0 saturated heterocycles. The molecule has 0 fully saturated rings. The van der Waals surface area contributed by atoms with Crippen molar-refractivity contribution in [3.05, 3.63) is 24.0 Å². The predicted octanol–water partition coefficient (Wildman–Crippen LogP) is 0.908. The summed E-state index contributed by atoms with van der Waals surface area (Å²) in [6, 6.07) is 1.88. The van der Waals surface area contributed by atoms with Crippen LogP contribution in [0, 0.1) is 13.1 Å². The second kappa shape index (κ2) is 2.23. The maximum Gasteiger partial charge on any atom is 0.116 e. The van der Waals surface area contributed by atoms with Gasteiger partial charge in [0.25, 0.3) is 0 Å². The van der Waals surface area contributed by atoms with Crippen LogP contribution in [0.3, 0.4) is 0 Å². The number of aryl methyl sites for hydroxylation is 1. The second-order valence-corrected chi connectivity index (χ2v) is 2.29. The number of H-pyrrole nitrogens is 2. The van der Waals surface area contributed by atoms with Crippen LogP contribution in [0.2, 0.25) is 0 Å². The van der Waals surface area contributed by atoms with E-state index in [1.165, 1.54) is 0 Å². The first-order valence-electron chi connectivity index (χ1n) is 3.31. The number of aromatic amines is 2. The minimum atomic E-state index is 0.872. The Balaban J connectivity index is 2.53. The molecule has 2 aromatic rings. The van der Waals surface area contributed by atoms with Crippen molar-refractivity contribution >= 4 is 0 Å². The van der Waals surface area contributed by atoms with E-state index in [0.717, 1.165) is 17.0 Å². The van der Waals surface area contributed by atoms with Crippen molar-refractivity contribution in [1.29, 1.82) is 0 Å². The van der Waals surface area contributed by atoms with Crippen LogP contribution in [-0.2, 0) is 0 Å². The van der Waals surface area contributed by atoms with Crippen molar-refractivity contribution in [2.75, 3.05) is 0 Å². The van der Waals surface area contributed by atoms with Crippen molar-refractivity contribution in [1.82, 2.24) is 20.4 Å². The lowest BCUT2D eigenvalue weighted by Crippen LogP contribution is -1.80. The largest absolute Gasteiger partial charge is 0.285 e. The molecule has 0 saturated carbocycles. The standard InChI is InChI=1S/C7H7N4/c1-5-4-9-11-7(5)6-2-3-8-10-6/h2-3H,1H3,(H,8,10)(H,9,11). The zero-order valence-electron chi connectivity index (χ0n) is 6.05. The highest BCUT2D eigenvalue weighted by atomic mass is 15.1. The Morgan fingerprint density at radius 3 is 3.00 bits per heavy atom. The Morgan fingerprint density at radius 2 is 2.45 bits per heavy atom. The molecule has 2 heterocycles. The molecule has 0 aliphatic rings. The molecule has 0 aliphatic carbocycles. The molecule has 1 radical (unpaired) electrons. The Kier molecular flexibility index (Phi) is 1.25. The highest BCUT2D eigenvalue weighted by molar-refractivity contribution is 5.56. The fraction of sp³-hybridized carbons (Fsp3) is 0.143. The summed E-state index contributed by atoms with van der Waals surface area (Å²) in [5, 5.41) is 13.3.